The zero-order valence-electron chi connectivity index (χ0n) is 11.2. The Morgan fingerprint density at radius 1 is 1.50 bits per heavy atom. The zero-order valence-corrected chi connectivity index (χ0v) is 12.8. The second-order valence-corrected chi connectivity index (χ2v) is 5.37. The molecule has 0 atom stereocenters. The van der Waals surface area contributed by atoms with Gasteiger partial charge in [-0.25, -0.2) is 9.07 Å². The van der Waals surface area contributed by atoms with Gasteiger partial charge in [-0.15, -0.1) is 5.10 Å². The molecule has 0 saturated carbocycles. The predicted molar refractivity (Wildman–Crippen MR) is 75.4 cm³/mol. The number of hydrogen-bond acceptors (Lipinski definition) is 3. The second-order valence-electron chi connectivity index (χ2n) is 4.52. The minimum absolute atomic E-state index is 0.0270. The summed E-state index contributed by atoms with van der Waals surface area (Å²) in [5, 5.41) is 8.01. The van der Waals surface area contributed by atoms with Crippen LogP contribution in [0.15, 0.2) is 28.9 Å². The van der Waals surface area contributed by atoms with Gasteiger partial charge < -0.3 is 4.90 Å². The molecule has 0 spiro atoms. The molecule has 5 nitrogen and oxygen atoms in total. The molecular weight excluding hydrogens is 327 g/mol. The van der Waals surface area contributed by atoms with Crippen molar-refractivity contribution in [2.45, 2.75) is 20.0 Å². The molecule has 0 bridgehead atoms. The molecule has 1 aromatic heterocycles. The van der Waals surface area contributed by atoms with Gasteiger partial charge in [0, 0.05) is 18.4 Å². The lowest BCUT2D eigenvalue weighted by molar-refractivity contribution is -0.128. The molecule has 0 fully saturated rings. The van der Waals surface area contributed by atoms with Crippen LogP contribution < -0.4 is 0 Å². The van der Waals surface area contributed by atoms with Crippen molar-refractivity contribution in [3.8, 4) is 0 Å². The zero-order chi connectivity index (χ0) is 14.7. The molecule has 1 amide bonds. The van der Waals surface area contributed by atoms with Crippen molar-refractivity contribution in [1.29, 1.82) is 0 Å². The van der Waals surface area contributed by atoms with Crippen LogP contribution in [0.4, 0.5) is 4.39 Å². The van der Waals surface area contributed by atoms with Crippen molar-refractivity contribution in [3.63, 3.8) is 0 Å². The molecule has 0 unspecified atom stereocenters. The van der Waals surface area contributed by atoms with Crippen molar-refractivity contribution in [3.05, 3.63) is 45.9 Å². The maximum atomic E-state index is 13.0. The Labute approximate surface area is 124 Å². The van der Waals surface area contributed by atoms with Gasteiger partial charge in [-0.1, -0.05) is 27.2 Å². The summed E-state index contributed by atoms with van der Waals surface area (Å²) in [7, 11) is 1.71. The average molecular weight is 341 g/mol. The van der Waals surface area contributed by atoms with Gasteiger partial charge in [0.05, 0.1) is 19.3 Å². The summed E-state index contributed by atoms with van der Waals surface area (Å²) in [6.45, 7) is 2.40. The Hall–Kier alpha value is -1.76. The monoisotopic (exact) mass is 340 g/mol. The van der Waals surface area contributed by atoms with Crippen LogP contribution in [0.2, 0.25) is 0 Å². The molecule has 0 aliphatic rings. The average Bonchev–Trinajstić information content (AvgIpc) is 2.80. The van der Waals surface area contributed by atoms with E-state index >= 15 is 0 Å². The van der Waals surface area contributed by atoms with Crippen molar-refractivity contribution in [2.24, 2.45) is 0 Å². The fourth-order valence-corrected chi connectivity index (χ4v) is 2.14. The van der Waals surface area contributed by atoms with Gasteiger partial charge in [-0.2, -0.15) is 0 Å². The third-order valence-electron chi connectivity index (χ3n) is 2.87. The Morgan fingerprint density at radius 2 is 2.25 bits per heavy atom. The number of hydrogen-bond donors (Lipinski definition) is 0. The molecule has 0 N–H and O–H groups in total. The van der Waals surface area contributed by atoms with E-state index in [4.69, 9.17) is 0 Å². The smallest absolute Gasteiger partial charge is 0.219 e. The second kappa shape index (κ2) is 6.13. The van der Waals surface area contributed by atoms with Gasteiger partial charge >= 0.3 is 0 Å². The van der Waals surface area contributed by atoms with Crippen LogP contribution in [0.1, 0.15) is 18.2 Å². The number of benzene rings is 1. The summed E-state index contributed by atoms with van der Waals surface area (Å²) in [4.78, 5) is 12.7. The van der Waals surface area contributed by atoms with Gasteiger partial charge in [0.15, 0.2) is 0 Å². The van der Waals surface area contributed by atoms with Gasteiger partial charge in [0.1, 0.15) is 11.5 Å². The highest BCUT2D eigenvalue weighted by Gasteiger charge is 2.08. The van der Waals surface area contributed by atoms with Gasteiger partial charge in [-0.05, 0) is 17.7 Å². The van der Waals surface area contributed by atoms with Crippen molar-refractivity contribution < 1.29 is 9.18 Å². The summed E-state index contributed by atoms with van der Waals surface area (Å²) in [5.74, 6) is -0.316. The molecule has 0 radical (unpaired) electrons. The van der Waals surface area contributed by atoms with E-state index in [0.717, 1.165) is 5.56 Å². The number of amides is 1. The third-order valence-corrected chi connectivity index (χ3v) is 3.61. The van der Waals surface area contributed by atoms with E-state index < -0.39 is 0 Å². The Kier molecular flexibility index (Phi) is 4.49. The first-order valence-corrected chi connectivity index (χ1v) is 6.79. The highest BCUT2D eigenvalue weighted by Crippen LogP contribution is 2.18. The lowest BCUT2D eigenvalue weighted by Crippen LogP contribution is -2.23. The topological polar surface area (TPSA) is 51.0 Å². The number of carbonyl (C=O) groups excluding carboxylic acids is 1. The number of halogens is 2. The molecule has 1 heterocycles. The first-order valence-electron chi connectivity index (χ1n) is 6.00. The van der Waals surface area contributed by atoms with Crippen LogP contribution in [0, 0.1) is 5.82 Å². The molecule has 0 aliphatic heterocycles. The summed E-state index contributed by atoms with van der Waals surface area (Å²) >= 11 is 3.32. The molecule has 20 heavy (non-hydrogen) atoms. The fraction of sp³-hybridized carbons (Fsp3) is 0.308. The summed E-state index contributed by atoms with van der Waals surface area (Å²) in [6.07, 6.45) is 1.77. The highest BCUT2D eigenvalue weighted by atomic mass is 79.9. The van der Waals surface area contributed by atoms with E-state index in [9.17, 15) is 9.18 Å². The molecule has 106 valence electrons. The number of carbonyl (C=O) groups is 1. The number of nitrogens with zero attached hydrogens (tertiary/aromatic N) is 4. The maximum absolute atomic E-state index is 13.0. The van der Waals surface area contributed by atoms with E-state index in [-0.39, 0.29) is 11.7 Å². The van der Waals surface area contributed by atoms with Crippen molar-refractivity contribution >= 4 is 21.8 Å². The first kappa shape index (κ1) is 14.6. The van der Waals surface area contributed by atoms with E-state index in [2.05, 4.69) is 26.2 Å². The van der Waals surface area contributed by atoms with Crippen LogP contribution in [0.3, 0.4) is 0 Å². The molecule has 1 aromatic carbocycles. The highest BCUT2D eigenvalue weighted by molar-refractivity contribution is 9.10. The number of aromatic nitrogens is 3. The Bertz CT molecular complexity index is 629. The third kappa shape index (κ3) is 3.63. The summed E-state index contributed by atoms with van der Waals surface area (Å²) in [6, 6.07) is 4.51. The molecule has 2 rings (SSSR count). The van der Waals surface area contributed by atoms with E-state index in [1.807, 2.05) is 0 Å². The van der Waals surface area contributed by atoms with Crippen LogP contribution in [0.25, 0.3) is 0 Å². The van der Waals surface area contributed by atoms with Crippen LogP contribution in [0.5, 0.6) is 0 Å². The minimum Gasteiger partial charge on any atom is -0.340 e. The fourth-order valence-electron chi connectivity index (χ4n) is 1.67. The van der Waals surface area contributed by atoms with Gasteiger partial charge in [0.25, 0.3) is 0 Å². The lowest BCUT2D eigenvalue weighted by Gasteiger charge is -2.11. The standard InChI is InChI=1S/C13H14BrFN4O/c1-9(20)18(2)7-12-8-19(17-16-12)6-10-3-4-11(15)5-13(10)14/h3-5,8H,6-7H2,1-2H3. The molecular formula is C13H14BrFN4O. The molecule has 7 heteroatoms. The van der Waals surface area contributed by atoms with Gasteiger partial charge in [0.2, 0.25) is 5.91 Å². The Balaban J connectivity index is 2.07. The Morgan fingerprint density at radius 3 is 2.90 bits per heavy atom. The summed E-state index contributed by atoms with van der Waals surface area (Å²) in [5.41, 5.74) is 1.61. The SMILES string of the molecule is CC(=O)N(C)Cc1cn(Cc2ccc(F)cc2Br)nn1. The molecule has 0 saturated heterocycles. The van der Waals surface area contributed by atoms with E-state index in [0.29, 0.717) is 23.3 Å². The minimum atomic E-state index is -0.289. The van der Waals surface area contributed by atoms with E-state index in [1.165, 1.54) is 19.1 Å². The first-order chi connectivity index (χ1) is 9.45. The van der Waals surface area contributed by atoms with Gasteiger partial charge in [-0.3, -0.25) is 4.79 Å². The maximum Gasteiger partial charge on any atom is 0.219 e. The molecule has 2 aromatic rings. The van der Waals surface area contributed by atoms with Crippen LogP contribution in [-0.4, -0.2) is 32.8 Å². The van der Waals surface area contributed by atoms with Crippen LogP contribution >= 0.6 is 15.9 Å². The van der Waals surface area contributed by atoms with E-state index in [1.54, 1.807) is 28.9 Å². The predicted octanol–water partition coefficient (Wildman–Crippen LogP) is 2.21. The van der Waals surface area contributed by atoms with Crippen LogP contribution in [-0.2, 0) is 17.9 Å². The molecule has 0 aliphatic carbocycles. The largest absolute Gasteiger partial charge is 0.340 e. The lowest BCUT2D eigenvalue weighted by atomic mass is 10.2. The summed E-state index contributed by atoms with van der Waals surface area (Å²) < 4.78 is 15.4. The number of rotatable bonds is 4. The van der Waals surface area contributed by atoms with Crippen molar-refractivity contribution in [2.75, 3.05) is 7.05 Å². The van der Waals surface area contributed by atoms with Crippen molar-refractivity contribution in [1.82, 2.24) is 19.9 Å². The normalized spacial score (nSPS) is 10.6. The quantitative estimate of drug-likeness (QED) is 0.857.